The Morgan fingerprint density at radius 1 is 0.951 bits per heavy atom. The summed E-state index contributed by atoms with van der Waals surface area (Å²) in [5.74, 6) is 0.0295. The van der Waals surface area contributed by atoms with E-state index in [4.69, 9.17) is 9.47 Å². The van der Waals surface area contributed by atoms with E-state index in [0.29, 0.717) is 47.2 Å². The van der Waals surface area contributed by atoms with Crippen LogP contribution in [0.5, 0.6) is 17.2 Å². The predicted octanol–water partition coefficient (Wildman–Crippen LogP) is 5.75. The first-order valence-electron chi connectivity index (χ1n) is 13.0. The molecule has 3 aromatic rings. The van der Waals surface area contributed by atoms with Crippen LogP contribution in [0.3, 0.4) is 0 Å². The zero-order valence-electron chi connectivity index (χ0n) is 23.0. The van der Waals surface area contributed by atoms with Crippen molar-refractivity contribution in [3.05, 3.63) is 58.2 Å². The molecule has 0 fully saturated rings. The molecule has 41 heavy (non-hydrogen) atoms. The van der Waals surface area contributed by atoms with Crippen LogP contribution in [0.25, 0.3) is 11.3 Å². The van der Waals surface area contributed by atoms with Crippen LogP contribution < -0.4 is 29.6 Å². The van der Waals surface area contributed by atoms with Gasteiger partial charge in [-0.3, -0.25) is 4.79 Å². The predicted molar refractivity (Wildman–Crippen MR) is 149 cm³/mol. The Morgan fingerprint density at radius 3 is 2.32 bits per heavy atom. The number of rotatable bonds is 13. The second kappa shape index (κ2) is 15.1. The van der Waals surface area contributed by atoms with Gasteiger partial charge in [-0.15, -0.1) is 24.5 Å². The minimum Gasteiger partial charge on any atom is -0.497 e. The van der Waals surface area contributed by atoms with Gasteiger partial charge in [0.15, 0.2) is 4.80 Å². The number of alkyl halides is 3. The molecule has 0 spiro atoms. The topological polar surface area (TPSA) is 103 Å². The molecular formula is C28H33F3N4O5S. The van der Waals surface area contributed by atoms with Crippen LogP contribution in [-0.4, -0.2) is 50.2 Å². The molecule has 2 aromatic carbocycles. The number of halogens is 3. The first-order chi connectivity index (χ1) is 19.6. The largest absolute Gasteiger partial charge is 0.573 e. The zero-order valence-corrected chi connectivity index (χ0v) is 23.9. The highest BCUT2D eigenvalue weighted by Crippen LogP contribution is 2.28. The van der Waals surface area contributed by atoms with E-state index in [1.54, 1.807) is 18.2 Å². The summed E-state index contributed by atoms with van der Waals surface area (Å²) in [4.78, 5) is 29.5. The van der Waals surface area contributed by atoms with Crippen molar-refractivity contribution < 1.29 is 37.0 Å². The molecule has 0 aliphatic carbocycles. The zero-order chi connectivity index (χ0) is 29.8. The number of thiazole rings is 1. The summed E-state index contributed by atoms with van der Waals surface area (Å²) in [7, 11) is 2.96. The average Bonchev–Trinajstić information content (AvgIpc) is 3.33. The van der Waals surface area contributed by atoms with E-state index in [2.05, 4.69) is 20.4 Å². The van der Waals surface area contributed by atoms with Gasteiger partial charge in [0, 0.05) is 31.1 Å². The summed E-state index contributed by atoms with van der Waals surface area (Å²) >= 11 is 1.25. The lowest BCUT2D eigenvalue weighted by molar-refractivity contribution is -0.274. The van der Waals surface area contributed by atoms with Crippen LogP contribution in [0.1, 0.15) is 43.0 Å². The van der Waals surface area contributed by atoms with Crippen molar-refractivity contribution in [1.29, 1.82) is 0 Å². The summed E-state index contributed by atoms with van der Waals surface area (Å²) in [6, 6.07) is 10.2. The van der Waals surface area contributed by atoms with Crippen molar-refractivity contribution in [3.63, 3.8) is 0 Å². The van der Waals surface area contributed by atoms with Crippen molar-refractivity contribution in [2.45, 2.75) is 45.5 Å². The minimum atomic E-state index is -4.78. The fraction of sp³-hybridized carbons (Fsp3) is 0.393. The number of nitrogens with one attached hydrogen (secondary N) is 2. The summed E-state index contributed by atoms with van der Waals surface area (Å²) < 4.78 is 54.2. The number of unbranched alkanes of at least 4 members (excludes halogenated alkanes) is 3. The van der Waals surface area contributed by atoms with Gasteiger partial charge in [-0.1, -0.05) is 12.8 Å². The SMILES string of the molecule is CCNC(=O)NCCCCCCn1c(-c2ccc(OC(F)(F)F)cc2)cs/c1=N\C(=O)c1ccc(OC)cc1OC. The first kappa shape index (κ1) is 31.5. The molecule has 1 aromatic heterocycles. The Morgan fingerprint density at radius 2 is 1.66 bits per heavy atom. The van der Waals surface area contributed by atoms with Gasteiger partial charge in [0.2, 0.25) is 0 Å². The Bertz CT molecular complexity index is 1370. The van der Waals surface area contributed by atoms with E-state index in [0.717, 1.165) is 25.7 Å². The van der Waals surface area contributed by atoms with Crippen molar-refractivity contribution in [3.8, 4) is 28.5 Å². The van der Waals surface area contributed by atoms with E-state index >= 15 is 0 Å². The third-order valence-electron chi connectivity index (χ3n) is 5.95. The quantitative estimate of drug-likeness (QED) is 0.245. The van der Waals surface area contributed by atoms with Crippen molar-refractivity contribution in [2.24, 2.45) is 4.99 Å². The molecule has 0 saturated carbocycles. The van der Waals surface area contributed by atoms with Gasteiger partial charge in [-0.2, -0.15) is 4.99 Å². The number of nitrogens with zero attached hydrogens (tertiary/aromatic N) is 2. The van der Waals surface area contributed by atoms with Gasteiger partial charge in [0.25, 0.3) is 5.91 Å². The molecule has 2 N–H and O–H groups in total. The lowest BCUT2D eigenvalue weighted by Crippen LogP contribution is -2.35. The normalized spacial score (nSPS) is 11.7. The number of urea groups is 1. The Hall–Kier alpha value is -4.00. The summed E-state index contributed by atoms with van der Waals surface area (Å²) in [6.07, 6.45) is -1.48. The number of ether oxygens (including phenoxy) is 3. The van der Waals surface area contributed by atoms with E-state index < -0.39 is 12.3 Å². The highest BCUT2D eigenvalue weighted by atomic mass is 32.1. The van der Waals surface area contributed by atoms with Gasteiger partial charge >= 0.3 is 12.4 Å². The van der Waals surface area contributed by atoms with Gasteiger partial charge in [0.05, 0.1) is 25.5 Å². The third-order valence-corrected chi connectivity index (χ3v) is 6.81. The molecule has 0 atom stereocenters. The van der Waals surface area contributed by atoms with E-state index in [1.807, 2.05) is 16.9 Å². The summed E-state index contributed by atoms with van der Waals surface area (Å²) in [6.45, 7) is 3.50. The molecule has 1 heterocycles. The summed E-state index contributed by atoms with van der Waals surface area (Å²) in [5, 5.41) is 7.29. The maximum absolute atomic E-state index is 13.2. The number of aromatic nitrogens is 1. The molecule has 13 heteroatoms. The van der Waals surface area contributed by atoms with Crippen LogP contribution in [0.4, 0.5) is 18.0 Å². The van der Waals surface area contributed by atoms with Crippen LogP contribution in [0.15, 0.2) is 52.8 Å². The molecular weight excluding hydrogens is 561 g/mol. The molecule has 0 aliphatic heterocycles. The van der Waals surface area contributed by atoms with Crippen molar-refractivity contribution in [1.82, 2.24) is 15.2 Å². The van der Waals surface area contributed by atoms with Gasteiger partial charge in [0.1, 0.15) is 17.2 Å². The lowest BCUT2D eigenvalue weighted by atomic mass is 10.1. The lowest BCUT2D eigenvalue weighted by Gasteiger charge is -2.12. The minimum absolute atomic E-state index is 0.193. The second-order valence-electron chi connectivity index (χ2n) is 8.81. The number of hydrogen-bond donors (Lipinski definition) is 2. The maximum Gasteiger partial charge on any atom is 0.573 e. The molecule has 0 radical (unpaired) electrons. The third kappa shape index (κ3) is 9.55. The van der Waals surface area contributed by atoms with Gasteiger partial charge in [-0.05, 0) is 61.7 Å². The molecule has 222 valence electrons. The molecule has 3 amide bonds. The van der Waals surface area contributed by atoms with Gasteiger partial charge in [-0.25, -0.2) is 4.79 Å². The molecule has 0 unspecified atom stereocenters. The number of carbonyl (C=O) groups is 2. The first-order valence-corrected chi connectivity index (χ1v) is 13.9. The van der Waals surface area contributed by atoms with Crippen LogP contribution in [0, 0.1) is 0 Å². The van der Waals surface area contributed by atoms with Crippen molar-refractivity contribution >= 4 is 23.3 Å². The Kier molecular flexibility index (Phi) is 11.6. The summed E-state index contributed by atoms with van der Waals surface area (Å²) in [5.41, 5.74) is 1.63. The maximum atomic E-state index is 13.2. The number of benzene rings is 2. The second-order valence-corrected chi connectivity index (χ2v) is 9.65. The molecule has 0 aliphatic rings. The van der Waals surface area contributed by atoms with Crippen LogP contribution in [0.2, 0.25) is 0 Å². The number of amides is 3. The highest BCUT2D eigenvalue weighted by molar-refractivity contribution is 7.07. The fourth-order valence-electron chi connectivity index (χ4n) is 3.99. The molecule has 0 saturated heterocycles. The Balaban J connectivity index is 1.82. The fourth-order valence-corrected chi connectivity index (χ4v) is 4.92. The smallest absolute Gasteiger partial charge is 0.497 e. The molecule has 0 bridgehead atoms. The number of carbonyl (C=O) groups excluding carboxylic acids is 2. The van der Waals surface area contributed by atoms with Crippen molar-refractivity contribution in [2.75, 3.05) is 27.3 Å². The number of methoxy groups -OCH3 is 2. The van der Waals surface area contributed by atoms with Crippen LogP contribution in [-0.2, 0) is 6.54 Å². The molecule has 3 rings (SSSR count). The Labute approximate surface area is 240 Å². The highest BCUT2D eigenvalue weighted by Gasteiger charge is 2.31. The van der Waals surface area contributed by atoms with E-state index in [9.17, 15) is 22.8 Å². The molecule has 9 nitrogen and oxygen atoms in total. The standard InChI is InChI=1S/C28H33F3N4O5S/c1-4-32-26(37)33-15-7-5-6-8-16-35-23(19-9-11-20(12-10-19)40-28(29,30)31)18-41-27(35)34-25(36)22-14-13-21(38-2)17-24(22)39-3/h9-14,17-18H,4-8,15-16H2,1-3H3,(H2,32,33,37)/b34-27-. The van der Waals surface area contributed by atoms with Crippen LogP contribution >= 0.6 is 11.3 Å². The van der Waals surface area contributed by atoms with E-state index in [-0.39, 0.29) is 17.3 Å². The monoisotopic (exact) mass is 594 g/mol. The average molecular weight is 595 g/mol. The van der Waals surface area contributed by atoms with E-state index in [1.165, 1.54) is 49.8 Å². The number of hydrogen-bond acceptors (Lipinski definition) is 6. The van der Waals surface area contributed by atoms with Gasteiger partial charge < -0.3 is 29.4 Å².